The van der Waals surface area contributed by atoms with Crippen LogP contribution in [0.15, 0.2) is 155 Å². The molecule has 0 nitrogen and oxygen atoms in total. The molecule has 0 N–H and O–H groups in total. The van der Waals surface area contributed by atoms with Gasteiger partial charge in [-0.25, -0.2) is 0 Å². The molecule has 9 aromatic rings. The van der Waals surface area contributed by atoms with Gasteiger partial charge in [0.2, 0.25) is 0 Å². The molecule has 2 heteroatoms. The summed E-state index contributed by atoms with van der Waals surface area (Å²) in [6, 6.07) is 53.4. The van der Waals surface area contributed by atoms with Gasteiger partial charge < -0.3 is 0 Å². The molecule has 0 aliphatic heterocycles. The van der Waals surface area contributed by atoms with Crippen molar-refractivity contribution < 1.29 is 0 Å². The fourth-order valence-electron chi connectivity index (χ4n) is 7.40. The molecule has 0 amide bonds. The first kappa shape index (κ1) is 25.9. The molecule has 44 heavy (non-hydrogen) atoms. The van der Waals surface area contributed by atoms with E-state index in [0.29, 0.717) is 0 Å². The Bertz CT molecular complexity index is 2420. The Morgan fingerprint density at radius 3 is 1.00 bits per heavy atom. The number of hydrogen-bond acceptors (Lipinski definition) is 0. The molecule has 0 aliphatic rings. The molecule has 0 spiro atoms. The molecule has 9 rings (SSSR count). The van der Waals surface area contributed by atoms with E-state index in [2.05, 4.69) is 177 Å². The van der Waals surface area contributed by atoms with Gasteiger partial charge in [-0.3, -0.25) is 0 Å². The van der Waals surface area contributed by atoms with E-state index in [1.54, 1.807) is 0 Å². The summed E-state index contributed by atoms with van der Waals surface area (Å²) in [5.41, 5.74) is 5.00. The SMILES string of the molecule is Brc1ccc2c3ccc(Br)cc3c3c(-c4ccccc4)c4c5ccccc5c5ccccc5c4c(-c4ccccc4)c3c2c1. The molecule has 0 fully saturated rings. The number of rotatable bonds is 2. The van der Waals surface area contributed by atoms with Crippen molar-refractivity contribution in [2.75, 3.05) is 0 Å². The van der Waals surface area contributed by atoms with Crippen LogP contribution in [0.4, 0.5) is 0 Å². The average molecular weight is 688 g/mol. The smallest absolute Gasteiger partial charge is 0.0181 e. The maximum Gasteiger partial charge on any atom is 0.0181 e. The van der Waals surface area contributed by atoms with Gasteiger partial charge in [0, 0.05) is 8.95 Å². The summed E-state index contributed by atoms with van der Waals surface area (Å²) in [5.74, 6) is 0. The maximum absolute atomic E-state index is 3.85. The monoisotopic (exact) mass is 686 g/mol. The third-order valence-electron chi connectivity index (χ3n) is 9.10. The van der Waals surface area contributed by atoms with Gasteiger partial charge >= 0.3 is 0 Å². The van der Waals surface area contributed by atoms with Crippen LogP contribution in [0.5, 0.6) is 0 Å². The summed E-state index contributed by atoms with van der Waals surface area (Å²) in [6.45, 7) is 0. The van der Waals surface area contributed by atoms with Crippen LogP contribution < -0.4 is 0 Å². The Kier molecular flexibility index (Phi) is 5.91. The van der Waals surface area contributed by atoms with E-state index in [9.17, 15) is 0 Å². The van der Waals surface area contributed by atoms with Gasteiger partial charge in [0.15, 0.2) is 0 Å². The summed E-state index contributed by atoms with van der Waals surface area (Å²) in [5, 5.41) is 15.3. The lowest BCUT2D eigenvalue weighted by atomic mass is 9.79. The summed E-state index contributed by atoms with van der Waals surface area (Å²) < 4.78 is 2.15. The molecule has 0 radical (unpaired) electrons. The first-order valence-electron chi connectivity index (χ1n) is 14.8. The molecular formula is C42H24Br2. The van der Waals surface area contributed by atoms with Crippen LogP contribution in [0.25, 0.3) is 86.9 Å². The van der Waals surface area contributed by atoms with Crippen molar-refractivity contribution in [1.29, 1.82) is 0 Å². The van der Waals surface area contributed by atoms with E-state index in [4.69, 9.17) is 0 Å². The van der Waals surface area contributed by atoms with Crippen molar-refractivity contribution in [2.45, 2.75) is 0 Å². The standard InChI is InChI=1S/C42H24Br2/c43-27-19-21-31-32-22-20-28(44)24-36(32)42-38(26-13-5-2-6-14-26)40-34-18-10-8-16-30(34)29-15-7-9-17-33(29)39(40)37(41(42)35(31)23-27)25-11-3-1-4-12-25/h1-24H. The lowest BCUT2D eigenvalue weighted by Crippen LogP contribution is -1.96. The van der Waals surface area contributed by atoms with Gasteiger partial charge in [0.1, 0.15) is 0 Å². The third-order valence-corrected chi connectivity index (χ3v) is 10.1. The van der Waals surface area contributed by atoms with Crippen LogP contribution in [0.2, 0.25) is 0 Å². The van der Waals surface area contributed by atoms with Crippen molar-refractivity contribution in [1.82, 2.24) is 0 Å². The van der Waals surface area contributed by atoms with Crippen molar-refractivity contribution in [2.24, 2.45) is 0 Å². The van der Waals surface area contributed by atoms with Gasteiger partial charge in [-0.2, -0.15) is 0 Å². The second-order valence-corrected chi connectivity index (χ2v) is 13.3. The van der Waals surface area contributed by atoms with E-state index in [0.717, 1.165) is 8.95 Å². The molecule has 0 saturated heterocycles. The minimum Gasteiger partial charge on any atom is -0.0622 e. The molecule has 0 bridgehead atoms. The van der Waals surface area contributed by atoms with Crippen LogP contribution in [0, 0.1) is 0 Å². The van der Waals surface area contributed by atoms with Crippen LogP contribution in [-0.2, 0) is 0 Å². The van der Waals surface area contributed by atoms with Gasteiger partial charge in [-0.05, 0) is 111 Å². The zero-order chi connectivity index (χ0) is 29.4. The molecule has 206 valence electrons. The average Bonchev–Trinajstić information content (AvgIpc) is 3.08. The number of halogens is 2. The lowest BCUT2D eigenvalue weighted by molar-refractivity contribution is 1.67. The highest BCUT2D eigenvalue weighted by Crippen LogP contribution is 2.53. The van der Waals surface area contributed by atoms with E-state index >= 15 is 0 Å². The van der Waals surface area contributed by atoms with Crippen LogP contribution in [0.3, 0.4) is 0 Å². The van der Waals surface area contributed by atoms with Gasteiger partial charge in [-0.1, -0.05) is 153 Å². The largest absolute Gasteiger partial charge is 0.0622 e. The zero-order valence-electron chi connectivity index (χ0n) is 23.6. The number of benzene rings is 9. The van der Waals surface area contributed by atoms with Crippen LogP contribution >= 0.6 is 31.9 Å². The molecule has 0 unspecified atom stereocenters. The summed E-state index contributed by atoms with van der Waals surface area (Å²) in [4.78, 5) is 0. The highest BCUT2D eigenvalue weighted by atomic mass is 79.9. The number of hydrogen-bond donors (Lipinski definition) is 0. The van der Waals surface area contributed by atoms with Crippen molar-refractivity contribution in [3.63, 3.8) is 0 Å². The minimum absolute atomic E-state index is 1.08. The Morgan fingerprint density at radius 1 is 0.273 bits per heavy atom. The molecule has 0 saturated carbocycles. The Morgan fingerprint density at radius 2 is 0.591 bits per heavy atom. The van der Waals surface area contributed by atoms with E-state index in [1.165, 1.54) is 86.9 Å². The van der Waals surface area contributed by atoms with Gasteiger partial charge in [0.25, 0.3) is 0 Å². The third kappa shape index (κ3) is 3.75. The summed E-state index contributed by atoms with van der Waals surface area (Å²) in [6.07, 6.45) is 0. The fourth-order valence-corrected chi connectivity index (χ4v) is 8.12. The Labute approximate surface area is 271 Å². The first-order chi connectivity index (χ1) is 21.7. The molecule has 9 aromatic carbocycles. The lowest BCUT2D eigenvalue weighted by Gasteiger charge is -2.24. The van der Waals surface area contributed by atoms with Gasteiger partial charge in [0.05, 0.1) is 0 Å². The van der Waals surface area contributed by atoms with E-state index in [-0.39, 0.29) is 0 Å². The second-order valence-electron chi connectivity index (χ2n) is 11.5. The Hall–Kier alpha value is -4.50. The second kappa shape index (κ2) is 10.0. The minimum atomic E-state index is 1.08. The van der Waals surface area contributed by atoms with Crippen molar-refractivity contribution in [3.8, 4) is 22.3 Å². The summed E-state index contributed by atoms with van der Waals surface area (Å²) in [7, 11) is 0. The van der Waals surface area contributed by atoms with Gasteiger partial charge in [-0.15, -0.1) is 0 Å². The number of fused-ring (bicyclic) bond motifs is 12. The molecule has 0 aliphatic carbocycles. The quantitative estimate of drug-likeness (QED) is 0.125. The van der Waals surface area contributed by atoms with Crippen LogP contribution in [0.1, 0.15) is 0 Å². The molecule has 0 atom stereocenters. The van der Waals surface area contributed by atoms with Crippen molar-refractivity contribution in [3.05, 3.63) is 155 Å². The Balaban J connectivity index is 1.77. The van der Waals surface area contributed by atoms with E-state index < -0.39 is 0 Å². The highest BCUT2D eigenvalue weighted by molar-refractivity contribution is 9.10. The predicted molar refractivity (Wildman–Crippen MR) is 198 cm³/mol. The normalized spacial score (nSPS) is 11.9. The fraction of sp³-hybridized carbons (Fsp3) is 0. The molecule has 0 heterocycles. The highest BCUT2D eigenvalue weighted by Gasteiger charge is 2.25. The van der Waals surface area contributed by atoms with Crippen LogP contribution in [-0.4, -0.2) is 0 Å². The predicted octanol–water partition coefficient (Wildman–Crippen LogP) is 13.5. The van der Waals surface area contributed by atoms with E-state index in [1.807, 2.05) is 0 Å². The topological polar surface area (TPSA) is 0 Å². The molecule has 0 aromatic heterocycles. The van der Waals surface area contributed by atoms with Crippen molar-refractivity contribution >= 4 is 96.5 Å². The first-order valence-corrected chi connectivity index (χ1v) is 16.4. The summed E-state index contributed by atoms with van der Waals surface area (Å²) >= 11 is 7.71. The maximum atomic E-state index is 3.85. The zero-order valence-corrected chi connectivity index (χ0v) is 26.8. The molecular weight excluding hydrogens is 664 g/mol.